The average Bonchev–Trinajstić information content (AvgIpc) is 3.09. The SMILES string of the molecule is COc1ccc(C2SCC(=O)Nc3ncn(-c4ccccc4)c32)c(OC)c1OC. The highest BCUT2D eigenvalue weighted by Crippen LogP contribution is 2.50. The van der Waals surface area contributed by atoms with Crippen molar-refractivity contribution in [3.63, 3.8) is 0 Å². The molecule has 8 heteroatoms. The molecule has 1 atom stereocenters. The number of fused-ring (bicyclic) bond motifs is 1. The van der Waals surface area contributed by atoms with Crippen LogP contribution in [-0.4, -0.2) is 42.5 Å². The lowest BCUT2D eigenvalue weighted by Crippen LogP contribution is -2.12. The van der Waals surface area contributed by atoms with Crippen LogP contribution in [0.4, 0.5) is 5.82 Å². The molecule has 0 saturated carbocycles. The Labute approximate surface area is 173 Å². The van der Waals surface area contributed by atoms with E-state index in [4.69, 9.17) is 14.2 Å². The van der Waals surface area contributed by atoms with E-state index in [9.17, 15) is 4.79 Å². The van der Waals surface area contributed by atoms with Crippen LogP contribution in [-0.2, 0) is 4.79 Å². The predicted molar refractivity (Wildman–Crippen MR) is 113 cm³/mol. The van der Waals surface area contributed by atoms with Crippen LogP contribution >= 0.6 is 11.8 Å². The minimum absolute atomic E-state index is 0.0866. The smallest absolute Gasteiger partial charge is 0.235 e. The number of hydrogen-bond donors (Lipinski definition) is 1. The number of benzene rings is 2. The van der Waals surface area contributed by atoms with Gasteiger partial charge >= 0.3 is 0 Å². The fraction of sp³-hybridized carbons (Fsp3) is 0.238. The van der Waals surface area contributed by atoms with Gasteiger partial charge in [0.25, 0.3) is 0 Å². The van der Waals surface area contributed by atoms with Crippen molar-refractivity contribution in [2.75, 3.05) is 32.4 Å². The van der Waals surface area contributed by atoms with Crippen LogP contribution in [0.2, 0.25) is 0 Å². The number of methoxy groups -OCH3 is 3. The first-order valence-electron chi connectivity index (χ1n) is 9.01. The van der Waals surface area contributed by atoms with Crippen molar-refractivity contribution in [3.05, 3.63) is 60.0 Å². The van der Waals surface area contributed by atoms with E-state index in [1.165, 1.54) is 11.8 Å². The van der Waals surface area contributed by atoms with Gasteiger partial charge in [0.05, 0.1) is 38.0 Å². The molecule has 0 bridgehead atoms. The summed E-state index contributed by atoms with van der Waals surface area (Å²) < 4.78 is 18.7. The Hall–Kier alpha value is -3.13. The molecule has 0 spiro atoms. The topological polar surface area (TPSA) is 74.6 Å². The van der Waals surface area contributed by atoms with E-state index in [1.54, 1.807) is 27.7 Å². The van der Waals surface area contributed by atoms with Gasteiger partial charge in [0.1, 0.15) is 6.33 Å². The van der Waals surface area contributed by atoms with Gasteiger partial charge < -0.3 is 19.5 Å². The molecule has 0 radical (unpaired) electrons. The average molecular weight is 411 g/mol. The summed E-state index contributed by atoms with van der Waals surface area (Å²) in [7, 11) is 4.76. The largest absolute Gasteiger partial charge is 0.493 e. The van der Waals surface area contributed by atoms with Crippen LogP contribution in [0, 0.1) is 0 Å². The lowest BCUT2D eigenvalue weighted by atomic mass is 10.1. The monoisotopic (exact) mass is 411 g/mol. The summed E-state index contributed by atoms with van der Waals surface area (Å²) in [6, 6.07) is 13.7. The van der Waals surface area contributed by atoms with Crippen molar-refractivity contribution < 1.29 is 19.0 Å². The standard InChI is InChI=1S/C21H21N3O4S/c1-26-15-10-9-14(18(27-2)19(15)28-3)20-17-21(23-16(25)11-29-20)22-12-24(17)13-7-5-4-6-8-13/h4-10,12,20H,11H2,1-3H3,(H,23,25). The molecule has 4 rings (SSSR count). The Balaban J connectivity index is 1.93. The zero-order chi connectivity index (χ0) is 20.4. The molecule has 2 heterocycles. The molecule has 29 heavy (non-hydrogen) atoms. The number of hydrogen-bond acceptors (Lipinski definition) is 6. The van der Waals surface area contributed by atoms with Gasteiger partial charge in [-0.15, -0.1) is 11.8 Å². The van der Waals surface area contributed by atoms with Crippen LogP contribution in [0.25, 0.3) is 5.69 Å². The summed E-state index contributed by atoms with van der Waals surface area (Å²) in [6.45, 7) is 0. The summed E-state index contributed by atoms with van der Waals surface area (Å²) in [5, 5.41) is 2.71. The highest BCUT2D eigenvalue weighted by molar-refractivity contribution is 8.00. The molecule has 1 amide bonds. The number of carbonyl (C=O) groups excluding carboxylic acids is 1. The number of nitrogens with zero attached hydrogens (tertiary/aromatic N) is 2. The van der Waals surface area contributed by atoms with E-state index < -0.39 is 0 Å². The number of nitrogens with one attached hydrogen (secondary N) is 1. The molecule has 2 aromatic carbocycles. The number of anilines is 1. The Morgan fingerprint density at radius 3 is 2.48 bits per heavy atom. The van der Waals surface area contributed by atoms with Gasteiger partial charge in [0.2, 0.25) is 11.7 Å². The third-order valence-corrected chi connectivity index (χ3v) is 5.98. The van der Waals surface area contributed by atoms with Gasteiger partial charge in [0, 0.05) is 11.3 Å². The first-order chi connectivity index (χ1) is 14.2. The van der Waals surface area contributed by atoms with Gasteiger partial charge in [-0.25, -0.2) is 4.98 Å². The molecule has 1 unspecified atom stereocenters. The minimum Gasteiger partial charge on any atom is -0.493 e. The lowest BCUT2D eigenvalue weighted by molar-refractivity contribution is -0.113. The number of thioether (sulfide) groups is 1. The van der Waals surface area contributed by atoms with Crippen molar-refractivity contribution in [2.24, 2.45) is 0 Å². The van der Waals surface area contributed by atoms with Crippen LogP contribution in [0.5, 0.6) is 17.2 Å². The van der Waals surface area contributed by atoms with Crippen molar-refractivity contribution in [1.29, 1.82) is 0 Å². The molecule has 1 aliphatic rings. The molecule has 3 aromatic rings. The normalized spacial score (nSPS) is 15.8. The molecular formula is C21H21N3O4S. The lowest BCUT2D eigenvalue weighted by Gasteiger charge is -2.22. The van der Waals surface area contributed by atoms with Crippen molar-refractivity contribution in [2.45, 2.75) is 5.25 Å². The van der Waals surface area contributed by atoms with Crippen molar-refractivity contribution >= 4 is 23.5 Å². The molecule has 1 aliphatic heterocycles. The van der Waals surface area contributed by atoms with E-state index in [2.05, 4.69) is 10.3 Å². The number of rotatable bonds is 5. The van der Waals surface area contributed by atoms with Crippen LogP contribution < -0.4 is 19.5 Å². The van der Waals surface area contributed by atoms with Gasteiger partial charge in [-0.1, -0.05) is 18.2 Å². The first kappa shape index (κ1) is 19.2. The number of imidazole rings is 1. The van der Waals surface area contributed by atoms with Crippen molar-refractivity contribution in [1.82, 2.24) is 9.55 Å². The summed E-state index contributed by atoms with van der Waals surface area (Å²) in [5.74, 6) is 2.43. The molecular weight excluding hydrogens is 390 g/mol. The van der Waals surface area contributed by atoms with Crippen LogP contribution in [0.15, 0.2) is 48.8 Å². The van der Waals surface area contributed by atoms with Gasteiger partial charge in [-0.2, -0.15) is 0 Å². The van der Waals surface area contributed by atoms with Gasteiger partial charge in [0.15, 0.2) is 17.3 Å². The second-order valence-electron chi connectivity index (χ2n) is 6.35. The molecule has 1 N–H and O–H groups in total. The summed E-state index contributed by atoms with van der Waals surface area (Å²) in [4.78, 5) is 16.8. The number of amides is 1. The third kappa shape index (κ3) is 3.40. The fourth-order valence-electron chi connectivity index (χ4n) is 3.47. The summed E-state index contributed by atoms with van der Waals surface area (Å²) >= 11 is 1.51. The van der Waals surface area contributed by atoms with Crippen molar-refractivity contribution in [3.8, 4) is 22.9 Å². The molecule has 0 fully saturated rings. The maximum absolute atomic E-state index is 12.3. The Morgan fingerprint density at radius 1 is 1.03 bits per heavy atom. The molecule has 0 saturated heterocycles. The Kier molecular flexibility index (Phi) is 5.35. The second kappa shape index (κ2) is 8.08. The summed E-state index contributed by atoms with van der Waals surface area (Å²) in [5.41, 5.74) is 2.71. The van der Waals surface area contributed by atoms with Crippen LogP contribution in [0.3, 0.4) is 0 Å². The fourth-order valence-corrected chi connectivity index (χ4v) is 4.61. The van der Waals surface area contributed by atoms with Crippen LogP contribution in [0.1, 0.15) is 16.5 Å². The van der Waals surface area contributed by atoms with E-state index in [-0.39, 0.29) is 11.2 Å². The molecule has 150 valence electrons. The number of aromatic nitrogens is 2. The quantitative estimate of drug-likeness (QED) is 0.691. The van der Waals surface area contributed by atoms with E-state index in [0.29, 0.717) is 28.8 Å². The van der Waals surface area contributed by atoms with Gasteiger partial charge in [-0.05, 0) is 24.3 Å². The number of carbonyl (C=O) groups is 1. The first-order valence-corrected chi connectivity index (χ1v) is 10.1. The third-order valence-electron chi connectivity index (χ3n) is 4.74. The molecule has 1 aromatic heterocycles. The maximum Gasteiger partial charge on any atom is 0.235 e. The van der Waals surface area contributed by atoms with E-state index in [1.807, 2.05) is 47.0 Å². The minimum atomic E-state index is -0.207. The second-order valence-corrected chi connectivity index (χ2v) is 7.44. The highest BCUT2D eigenvalue weighted by atomic mass is 32.2. The zero-order valence-electron chi connectivity index (χ0n) is 16.3. The number of para-hydroxylation sites is 1. The number of ether oxygens (including phenoxy) is 3. The maximum atomic E-state index is 12.3. The zero-order valence-corrected chi connectivity index (χ0v) is 17.2. The predicted octanol–water partition coefficient (Wildman–Crippen LogP) is 3.67. The Bertz CT molecular complexity index is 1040. The van der Waals surface area contributed by atoms with E-state index in [0.717, 1.165) is 16.9 Å². The Morgan fingerprint density at radius 2 is 1.79 bits per heavy atom. The molecule has 7 nitrogen and oxygen atoms in total. The van der Waals surface area contributed by atoms with E-state index >= 15 is 0 Å². The van der Waals surface area contributed by atoms with Gasteiger partial charge in [-0.3, -0.25) is 9.36 Å². The summed E-state index contributed by atoms with van der Waals surface area (Å²) in [6.07, 6.45) is 1.73. The molecule has 0 aliphatic carbocycles. The highest BCUT2D eigenvalue weighted by Gasteiger charge is 2.32.